The lowest BCUT2D eigenvalue weighted by Gasteiger charge is -1.80. The summed E-state index contributed by atoms with van der Waals surface area (Å²) < 4.78 is 3.43. The predicted octanol–water partition coefficient (Wildman–Crippen LogP) is 3.69. The Labute approximate surface area is 119 Å². The molecule has 3 aromatic rings. The van der Waals surface area contributed by atoms with E-state index in [1.54, 1.807) is 12.1 Å². The lowest BCUT2D eigenvalue weighted by molar-refractivity contribution is 1.24. The largest absolute Gasteiger partial charge is 0.288 e. The van der Waals surface area contributed by atoms with Gasteiger partial charge in [0.05, 0.1) is 27.7 Å². The molecule has 0 aliphatic heterocycles. The van der Waals surface area contributed by atoms with Gasteiger partial charge < -0.3 is 0 Å². The minimum absolute atomic E-state index is 0.341. The number of H-pyrrole nitrogens is 1. The van der Waals surface area contributed by atoms with Gasteiger partial charge in [0.25, 0.3) is 11.1 Å². The first-order valence-electron chi connectivity index (χ1n) is 4.51. The molecule has 0 aliphatic carbocycles. The standard InChI is InChI=1S/C10H3Br2NO2S2/c11-5-1-3-7(16-5)8-4(2-6(12)17-8)10(15)13-9(3)14/h1-2H,(H,13,14,15). The van der Waals surface area contributed by atoms with Gasteiger partial charge in [-0.25, -0.2) is 0 Å². The molecule has 7 heteroatoms. The van der Waals surface area contributed by atoms with Gasteiger partial charge in [-0.05, 0) is 44.0 Å². The third-order valence-corrected chi connectivity index (χ3v) is 5.77. The molecule has 3 rings (SSSR count). The normalized spacial score (nSPS) is 11.4. The summed E-state index contributed by atoms with van der Waals surface area (Å²) in [6, 6.07) is 3.48. The molecule has 0 spiro atoms. The number of thiophene rings is 2. The monoisotopic (exact) mass is 391 g/mol. The fourth-order valence-corrected chi connectivity index (χ4v) is 4.99. The van der Waals surface area contributed by atoms with Crippen molar-refractivity contribution in [2.75, 3.05) is 0 Å². The van der Waals surface area contributed by atoms with Crippen LogP contribution in [0.5, 0.6) is 0 Å². The molecule has 3 heterocycles. The number of fused-ring (bicyclic) bond motifs is 3. The maximum Gasteiger partial charge on any atom is 0.259 e. The van der Waals surface area contributed by atoms with Gasteiger partial charge in [0.15, 0.2) is 0 Å². The molecule has 0 aliphatic rings. The molecule has 0 atom stereocenters. The van der Waals surface area contributed by atoms with Crippen LogP contribution in [-0.2, 0) is 0 Å². The van der Waals surface area contributed by atoms with Gasteiger partial charge in [0.2, 0.25) is 0 Å². The summed E-state index contributed by atoms with van der Waals surface area (Å²) in [5, 5.41) is 1.09. The van der Waals surface area contributed by atoms with Gasteiger partial charge in [0.1, 0.15) is 0 Å². The van der Waals surface area contributed by atoms with E-state index < -0.39 is 0 Å². The molecule has 0 unspecified atom stereocenters. The Balaban J connectivity index is 2.78. The van der Waals surface area contributed by atoms with Gasteiger partial charge in [-0.2, -0.15) is 0 Å². The third kappa shape index (κ3) is 1.81. The van der Waals surface area contributed by atoms with E-state index >= 15 is 0 Å². The van der Waals surface area contributed by atoms with Crippen molar-refractivity contribution in [1.82, 2.24) is 4.98 Å². The first-order valence-corrected chi connectivity index (χ1v) is 7.73. The Morgan fingerprint density at radius 1 is 0.882 bits per heavy atom. The number of rotatable bonds is 0. The zero-order valence-electron chi connectivity index (χ0n) is 8.04. The Morgan fingerprint density at radius 2 is 1.29 bits per heavy atom. The van der Waals surface area contributed by atoms with Crippen molar-refractivity contribution in [3.8, 4) is 0 Å². The highest BCUT2D eigenvalue weighted by atomic mass is 79.9. The van der Waals surface area contributed by atoms with E-state index in [4.69, 9.17) is 0 Å². The highest BCUT2D eigenvalue weighted by Crippen LogP contribution is 2.37. The first kappa shape index (κ1) is 11.6. The summed E-state index contributed by atoms with van der Waals surface area (Å²) in [7, 11) is 0. The van der Waals surface area contributed by atoms with Crippen molar-refractivity contribution in [2.24, 2.45) is 0 Å². The van der Waals surface area contributed by atoms with Gasteiger partial charge in [-0.1, -0.05) is 0 Å². The van der Waals surface area contributed by atoms with Gasteiger partial charge in [0, 0.05) is 0 Å². The van der Waals surface area contributed by atoms with Crippen molar-refractivity contribution in [3.05, 3.63) is 40.4 Å². The maximum absolute atomic E-state index is 11.8. The molecule has 0 radical (unpaired) electrons. The van der Waals surface area contributed by atoms with E-state index in [1.165, 1.54) is 22.7 Å². The molecule has 0 aromatic carbocycles. The van der Waals surface area contributed by atoms with Crippen molar-refractivity contribution < 1.29 is 0 Å². The van der Waals surface area contributed by atoms with Crippen molar-refractivity contribution in [1.29, 1.82) is 0 Å². The van der Waals surface area contributed by atoms with Crippen LogP contribution in [0.15, 0.2) is 29.3 Å². The Morgan fingerprint density at radius 3 is 1.71 bits per heavy atom. The molecule has 0 saturated carbocycles. The topological polar surface area (TPSA) is 49.9 Å². The van der Waals surface area contributed by atoms with E-state index in [-0.39, 0.29) is 11.1 Å². The number of aromatic amines is 1. The Hall–Kier alpha value is -0.500. The fraction of sp³-hybridized carbons (Fsp3) is 0. The third-order valence-electron chi connectivity index (χ3n) is 2.33. The number of nitrogens with one attached hydrogen (secondary N) is 1. The average Bonchev–Trinajstić information content (AvgIpc) is 2.79. The average molecular weight is 393 g/mol. The molecule has 1 N–H and O–H groups in total. The second-order valence-electron chi connectivity index (χ2n) is 3.37. The SMILES string of the molecule is O=c1[nH]c(=O)c2cc(Br)sc2c2sc(Br)cc12. The number of halogens is 2. The van der Waals surface area contributed by atoms with E-state index in [2.05, 4.69) is 36.8 Å². The molecule has 17 heavy (non-hydrogen) atoms. The molecular formula is C10H3Br2NO2S2. The Bertz CT molecular complexity index is 792. The Kier molecular flexibility index (Phi) is 2.73. The predicted molar refractivity (Wildman–Crippen MR) is 79.5 cm³/mol. The van der Waals surface area contributed by atoms with Crippen LogP contribution in [0, 0.1) is 0 Å². The van der Waals surface area contributed by atoms with Gasteiger partial charge in [-0.3, -0.25) is 14.6 Å². The first-order chi connectivity index (χ1) is 8.06. The zero-order valence-corrected chi connectivity index (χ0v) is 12.8. The van der Waals surface area contributed by atoms with Gasteiger partial charge in [-0.15, -0.1) is 22.7 Å². The highest BCUT2D eigenvalue weighted by molar-refractivity contribution is 9.11. The highest BCUT2D eigenvalue weighted by Gasteiger charge is 2.11. The van der Waals surface area contributed by atoms with E-state index in [9.17, 15) is 9.59 Å². The van der Waals surface area contributed by atoms with Crippen LogP contribution >= 0.6 is 54.5 Å². The van der Waals surface area contributed by atoms with E-state index in [0.29, 0.717) is 10.8 Å². The summed E-state index contributed by atoms with van der Waals surface area (Å²) in [5.41, 5.74) is -0.682. The van der Waals surface area contributed by atoms with Crippen LogP contribution < -0.4 is 11.1 Å². The van der Waals surface area contributed by atoms with Crippen LogP contribution in [0.1, 0.15) is 0 Å². The molecule has 0 amide bonds. The second-order valence-corrected chi connectivity index (χ2v) is 8.23. The number of hydrogen-bond donors (Lipinski definition) is 1. The maximum atomic E-state index is 11.8. The van der Waals surface area contributed by atoms with Crippen molar-refractivity contribution >= 4 is 74.7 Å². The van der Waals surface area contributed by atoms with Crippen molar-refractivity contribution in [2.45, 2.75) is 0 Å². The van der Waals surface area contributed by atoms with Crippen LogP contribution in [0.3, 0.4) is 0 Å². The van der Waals surface area contributed by atoms with Crippen LogP contribution in [0.4, 0.5) is 0 Å². The van der Waals surface area contributed by atoms with Gasteiger partial charge >= 0.3 is 0 Å². The lowest BCUT2D eigenvalue weighted by Crippen LogP contribution is -2.13. The minimum atomic E-state index is -0.341. The molecule has 0 fully saturated rings. The molecule has 0 bridgehead atoms. The van der Waals surface area contributed by atoms with Crippen LogP contribution in [0.25, 0.3) is 20.2 Å². The molecule has 86 valence electrons. The second kappa shape index (κ2) is 4.01. The quantitative estimate of drug-likeness (QED) is 0.634. The summed E-state index contributed by atoms with van der Waals surface area (Å²) in [6.07, 6.45) is 0. The fourth-order valence-electron chi connectivity index (χ4n) is 1.63. The summed E-state index contributed by atoms with van der Waals surface area (Å²) in [4.78, 5) is 26.0. The van der Waals surface area contributed by atoms with Crippen molar-refractivity contribution in [3.63, 3.8) is 0 Å². The van der Waals surface area contributed by atoms with Crippen LogP contribution in [0.2, 0.25) is 0 Å². The molecule has 3 aromatic heterocycles. The smallest absolute Gasteiger partial charge is 0.259 e. The van der Waals surface area contributed by atoms with E-state index in [0.717, 1.165) is 17.0 Å². The summed E-state index contributed by atoms with van der Waals surface area (Å²) in [6.45, 7) is 0. The van der Waals surface area contributed by atoms with E-state index in [1.807, 2.05) is 0 Å². The minimum Gasteiger partial charge on any atom is -0.288 e. The molecule has 3 nitrogen and oxygen atoms in total. The number of hydrogen-bond acceptors (Lipinski definition) is 4. The lowest BCUT2D eigenvalue weighted by atomic mass is 10.3. The number of aromatic nitrogens is 1. The van der Waals surface area contributed by atoms with Crippen LogP contribution in [-0.4, -0.2) is 4.98 Å². The zero-order chi connectivity index (χ0) is 12.2. The molecular weight excluding hydrogens is 390 g/mol. The molecule has 0 saturated heterocycles. The summed E-state index contributed by atoms with van der Waals surface area (Å²) in [5.74, 6) is 0. The summed E-state index contributed by atoms with van der Waals surface area (Å²) >= 11 is 9.65.